The Morgan fingerprint density at radius 2 is 2.15 bits per heavy atom. The van der Waals surface area contributed by atoms with E-state index in [4.69, 9.17) is 4.18 Å². The quantitative estimate of drug-likeness (QED) is 0.256. The van der Waals surface area contributed by atoms with Crippen molar-refractivity contribution in [1.29, 1.82) is 0 Å². The molecule has 142 valence electrons. The second-order valence-electron chi connectivity index (χ2n) is 5.72. The van der Waals surface area contributed by atoms with Crippen LogP contribution in [-0.2, 0) is 27.5 Å². The van der Waals surface area contributed by atoms with Crippen LogP contribution in [0.15, 0.2) is 53.1 Å². The highest BCUT2D eigenvalue weighted by Crippen LogP contribution is 2.19. The molecule has 0 N–H and O–H groups in total. The van der Waals surface area contributed by atoms with Gasteiger partial charge in [-0.2, -0.15) is 8.42 Å². The van der Waals surface area contributed by atoms with Gasteiger partial charge in [0.2, 0.25) is 0 Å². The first-order valence-corrected chi connectivity index (χ1v) is 11.0. The van der Waals surface area contributed by atoms with Crippen molar-refractivity contribution < 1.29 is 12.6 Å². The van der Waals surface area contributed by atoms with E-state index in [0.717, 1.165) is 6.26 Å². The van der Waals surface area contributed by atoms with Gasteiger partial charge in [-0.1, -0.05) is 30.0 Å². The minimum absolute atomic E-state index is 0.0946. The van der Waals surface area contributed by atoms with Crippen LogP contribution < -0.4 is 5.56 Å². The van der Waals surface area contributed by atoms with Gasteiger partial charge in [-0.25, -0.2) is 19.3 Å². The average Bonchev–Trinajstić information content (AvgIpc) is 2.91. The minimum Gasteiger partial charge on any atom is -0.267 e. The molecule has 0 saturated heterocycles. The molecule has 0 atom stereocenters. The molecular formula is C17H18N4O4S2. The molecule has 0 saturated carbocycles. The summed E-state index contributed by atoms with van der Waals surface area (Å²) in [5, 5.41) is 0.941. The topological polar surface area (TPSA) is 96.1 Å². The Kier molecular flexibility index (Phi) is 5.49. The molecule has 3 rings (SSSR count). The zero-order chi connectivity index (χ0) is 19.6. The van der Waals surface area contributed by atoms with Gasteiger partial charge in [-0.05, 0) is 24.0 Å². The first-order chi connectivity index (χ1) is 12.8. The SMILES string of the molecule is C=CCn1c(=O)c2cnc(SC)nc2n1-c1cccc(COS(C)(=O)=O)c1. The number of nitrogens with zero attached hydrogens (tertiary/aromatic N) is 4. The second kappa shape index (κ2) is 7.67. The maximum absolute atomic E-state index is 12.8. The van der Waals surface area contributed by atoms with Gasteiger partial charge in [0.05, 0.1) is 25.1 Å². The third kappa shape index (κ3) is 4.12. The predicted octanol–water partition coefficient (Wildman–Crippen LogP) is 1.97. The molecule has 0 radical (unpaired) electrons. The summed E-state index contributed by atoms with van der Waals surface area (Å²) in [6.45, 7) is 3.90. The largest absolute Gasteiger partial charge is 0.278 e. The zero-order valence-electron chi connectivity index (χ0n) is 14.8. The summed E-state index contributed by atoms with van der Waals surface area (Å²) in [5.41, 5.74) is 1.55. The molecule has 0 unspecified atom stereocenters. The standard InChI is InChI=1S/C17H18N4O4S2/c1-4-8-20-16(22)14-10-18-17(26-2)19-15(14)21(20)13-7-5-6-12(9-13)11-25-27(3,23)24/h4-7,9-10H,1,8,11H2,2-3H3. The van der Waals surface area contributed by atoms with Crippen molar-refractivity contribution in [3.8, 4) is 5.69 Å². The fraction of sp³-hybridized carbons (Fsp3) is 0.235. The second-order valence-corrected chi connectivity index (χ2v) is 8.14. The van der Waals surface area contributed by atoms with Gasteiger partial charge in [0.1, 0.15) is 5.39 Å². The van der Waals surface area contributed by atoms with Crippen molar-refractivity contribution in [2.24, 2.45) is 0 Å². The molecule has 0 bridgehead atoms. The van der Waals surface area contributed by atoms with Gasteiger partial charge < -0.3 is 0 Å². The Morgan fingerprint density at radius 3 is 2.81 bits per heavy atom. The van der Waals surface area contributed by atoms with Gasteiger partial charge in [-0.15, -0.1) is 6.58 Å². The minimum atomic E-state index is -3.55. The van der Waals surface area contributed by atoms with Crippen LogP contribution in [0.2, 0.25) is 0 Å². The van der Waals surface area contributed by atoms with Crippen LogP contribution in [0.1, 0.15) is 5.56 Å². The number of allylic oxidation sites excluding steroid dienone is 1. The van der Waals surface area contributed by atoms with Crippen molar-refractivity contribution in [2.75, 3.05) is 12.5 Å². The summed E-state index contributed by atoms with van der Waals surface area (Å²) in [6, 6.07) is 7.08. The third-order valence-corrected chi connectivity index (χ3v) is 4.84. The van der Waals surface area contributed by atoms with Crippen molar-refractivity contribution >= 4 is 32.9 Å². The number of benzene rings is 1. The van der Waals surface area contributed by atoms with Crippen LogP contribution in [0, 0.1) is 0 Å². The van der Waals surface area contributed by atoms with E-state index in [1.807, 2.05) is 12.3 Å². The molecule has 8 nitrogen and oxygen atoms in total. The monoisotopic (exact) mass is 406 g/mol. The molecular weight excluding hydrogens is 388 g/mol. The van der Waals surface area contributed by atoms with Crippen molar-refractivity contribution in [1.82, 2.24) is 19.3 Å². The van der Waals surface area contributed by atoms with E-state index >= 15 is 0 Å². The zero-order valence-corrected chi connectivity index (χ0v) is 16.5. The van der Waals surface area contributed by atoms with E-state index in [1.165, 1.54) is 22.6 Å². The lowest BCUT2D eigenvalue weighted by Gasteiger charge is -2.12. The molecule has 0 aliphatic heterocycles. The molecule has 2 heterocycles. The average molecular weight is 406 g/mol. The smallest absolute Gasteiger partial charge is 0.267 e. The summed E-state index contributed by atoms with van der Waals surface area (Å²) in [7, 11) is -3.55. The van der Waals surface area contributed by atoms with E-state index in [2.05, 4.69) is 16.5 Å². The summed E-state index contributed by atoms with van der Waals surface area (Å²) >= 11 is 1.38. The lowest BCUT2D eigenvalue weighted by Crippen LogP contribution is -2.21. The van der Waals surface area contributed by atoms with Gasteiger partial charge in [-0.3, -0.25) is 8.98 Å². The van der Waals surface area contributed by atoms with E-state index in [9.17, 15) is 13.2 Å². The Balaban J connectivity index is 2.19. The van der Waals surface area contributed by atoms with E-state index in [-0.39, 0.29) is 18.7 Å². The molecule has 0 amide bonds. The fourth-order valence-corrected chi connectivity index (χ4v) is 3.30. The first kappa shape index (κ1) is 19.3. The van der Waals surface area contributed by atoms with Crippen LogP contribution >= 0.6 is 11.8 Å². The van der Waals surface area contributed by atoms with Crippen molar-refractivity contribution in [3.63, 3.8) is 0 Å². The Labute approximate surface area is 160 Å². The van der Waals surface area contributed by atoms with Gasteiger partial charge in [0, 0.05) is 6.20 Å². The van der Waals surface area contributed by atoms with Gasteiger partial charge in [0.15, 0.2) is 10.8 Å². The maximum atomic E-state index is 12.8. The summed E-state index contributed by atoms with van der Waals surface area (Å²) in [6.07, 6.45) is 5.99. The number of rotatable bonds is 7. The first-order valence-electron chi connectivity index (χ1n) is 7.91. The van der Waals surface area contributed by atoms with Gasteiger partial charge in [0.25, 0.3) is 15.7 Å². The predicted molar refractivity (Wildman–Crippen MR) is 105 cm³/mol. The number of hydrogen-bond donors (Lipinski definition) is 0. The fourth-order valence-electron chi connectivity index (χ4n) is 2.61. The maximum Gasteiger partial charge on any atom is 0.278 e. The molecule has 10 heteroatoms. The molecule has 0 aliphatic rings. The third-order valence-electron chi connectivity index (χ3n) is 3.73. The summed E-state index contributed by atoms with van der Waals surface area (Å²) in [5.74, 6) is 0. The molecule has 0 fully saturated rings. The summed E-state index contributed by atoms with van der Waals surface area (Å²) < 4.78 is 30.5. The molecule has 27 heavy (non-hydrogen) atoms. The molecule has 3 aromatic rings. The Bertz CT molecular complexity index is 1170. The molecule has 0 aliphatic carbocycles. The van der Waals surface area contributed by atoms with Crippen molar-refractivity contribution in [3.05, 3.63) is 59.0 Å². The lowest BCUT2D eigenvalue weighted by atomic mass is 10.2. The highest BCUT2D eigenvalue weighted by molar-refractivity contribution is 7.98. The Hall–Kier alpha value is -2.43. The van der Waals surface area contributed by atoms with Crippen LogP contribution in [0.5, 0.6) is 0 Å². The number of thioether (sulfide) groups is 1. The van der Waals surface area contributed by atoms with Crippen LogP contribution in [0.4, 0.5) is 0 Å². The van der Waals surface area contributed by atoms with E-state index < -0.39 is 10.1 Å². The Morgan fingerprint density at radius 1 is 1.37 bits per heavy atom. The molecule has 0 spiro atoms. The number of aromatic nitrogens is 4. The van der Waals surface area contributed by atoms with Crippen LogP contribution in [-0.4, -0.2) is 40.3 Å². The normalized spacial score (nSPS) is 11.8. The summed E-state index contributed by atoms with van der Waals surface area (Å²) in [4.78, 5) is 21.4. The van der Waals surface area contributed by atoms with E-state index in [1.54, 1.807) is 29.0 Å². The van der Waals surface area contributed by atoms with Crippen molar-refractivity contribution in [2.45, 2.75) is 18.3 Å². The molecule has 1 aromatic carbocycles. The van der Waals surface area contributed by atoms with E-state index in [0.29, 0.717) is 27.4 Å². The molecule has 2 aromatic heterocycles. The number of fused-ring (bicyclic) bond motifs is 1. The lowest BCUT2D eigenvalue weighted by molar-refractivity contribution is 0.311. The number of hydrogen-bond acceptors (Lipinski definition) is 7. The van der Waals surface area contributed by atoms with Crippen LogP contribution in [0.3, 0.4) is 0 Å². The van der Waals surface area contributed by atoms with Crippen LogP contribution in [0.25, 0.3) is 16.7 Å². The highest BCUT2D eigenvalue weighted by atomic mass is 32.2. The van der Waals surface area contributed by atoms with Gasteiger partial charge >= 0.3 is 0 Å². The highest BCUT2D eigenvalue weighted by Gasteiger charge is 2.17.